The smallest absolute Gasteiger partial charge is 0.334 e. The molecule has 63 heavy (non-hydrogen) atoms. The van der Waals surface area contributed by atoms with E-state index < -0.39 is 0 Å². The van der Waals surface area contributed by atoms with Crippen LogP contribution in [0.25, 0.3) is 0 Å². The van der Waals surface area contributed by atoms with Crippen molar-refractivity contribution >= 4 is 35.8 Å². The average Bonchev–Trinajstić information content (AvgIpc) is 3.22. The normalized spacial score (nSPS) is 9.67. The maximum atomic E-state index is 10.9. The zero-order valence-electron chi connectivity index (χ0n) is 41.5. The first kappa shape index (κ1) is 69.7. The van der Waals surface area contributed by atoms with E-state index in [1.54, 1.807) is 30.6 Å². The van der Waals surface area contributed by atoms with Crippen LogP contribution in [-0.4, -0.2) is 201 Å². The molecule has 0 saturated carbocycles. The lowest BCUT2D eigenvalue weighted by molar-refractivity contribution is -0.144. The molecule has 0 spiro atoms. The second-order valence-electron chi connectivity index (χ2n) is 13.9. The van der Waals surface area contributed by atoms with E-state index in [-0.39, 0.29) is 35.8 Å². The highest BCUT2D eigenvalue weighted by Crippen LogP contribution is 1.95. The predicted octanol–water partition coefficient (Wildman–Crippen LogP) is 4.22. The number of hydrogen-bond donors (Lipinski definition) is 0. The molecule has 0 fully saturated rings. The van der Waals surface area contributed by atoms with Crippen LogP contribution in [0.2, 0.25) is 0 Å². The minimum absolute atomic E-state index is 0.310. The number of likely N-dealkylation sites (N-methyl/N-ethyl adjacent to an activating group) is 2. The number of carbonyl (C=O) groups is 6. The van der Waals surface area contributed by atoms with Crippen molar-refractivity contribution < 1.29 is 57.2 Å². The van der Waals surface area contributed by atoms with Gasteiger partial charge in [-0.3, -0.25) is 19.6 Å². The molecule has 0 bridgehead atoms. The van der Waals surface area contributed by atoms with Crippen molar-refractivity contribution in [3.63, 3.8) is 0 Å². The van der Waals surface area contributed by atoms with Crippen LogP contribution >= 0.6 is 0 Å². The molecular weight excluding hydrogens is 817 g/mol. The molecule has 0 amide bonds. The zero-order valence-corrected chi connectivity index (χ0v) is 41.5. The van der Waals surface area contributed by atoms with Crippen molar-refractivity contribution in [3.05, 3.63) is 74.4 Å². The third-order valence-corrected chi connectivity index (χ3v) is 6.58. The molecule has 0 aromatic carbocycles. The zero-order chi connectivity index (χ0) is 50.5. The molecular formula is C45H84N6O12. The van der Waals surface area contributed by atoms with Crippen molar-refractivity contribution in [2.24, 2.45) is 0 Å². The summed E-state index contributed by atoms with van der Waals surface area (Å²) in [6, 6.07) is 0. The van der Waals surface area contributed by atoms with E-state index in [9.17, 15) is 28.8 Å². The highest BCUT2D eigenvalue weighted by molar-refractivity contribution is 5.87. The van der Waals surface area contributed by atoms with Gasteiger partial charge in [0.2, 0.25) is 0 Å². The molecule has 0 aromatic heterocycles. The Morgan fingerprint density at radius 1 is 0.397 bits per heavy atom. The van der Waals surface area contributed by atoms with Crippen LogP contribution in [-0.2, 0) is 57.2 Å². The topological polar surface area (TPSA) is 177 Å². The van der Waals surface area contributed by atoms with Gasteiger partial charge in [-0.1, -0.05) is 67.2 Å². The van der Waals surface area contributed by atoms with E-state index in [4.69, 9.17) is 23.7 Å². The molecule has 0 radical (unpaired) electrons. The summed E-state index contributed by atoms with van der Waals surface area (Å²) in [6.45, 7) is 40.5. The summed E-state index contributed by atoms with van der Waals surface area (Å²) >= 11 is 0. The molecule has 0 aliphatic rings. The Bertz CT molecular complexity index is 1320. The number of rotatable bonds is 24. The number of nitrogens with zero attached hydrogens (tertiary/aromatic N) is 6. The minimum atomic E-state index is -0.385. The molecule has 0 saturated heterocycles. The van der Waals surface area contributed by atoms with Gasteiger partial charge in [0.1, 0.15) is 40.1 Å². The Morgan fingerprint density at radius 2 is 0.651 bits per heavy atom. The summed E-state index contributed by atoms with van der Waals surface area (Å²) in [5.41, 5.74) is 1.33. The fraction of sp³-hybridized carbons (Fsp3) is 0.600. The van der Waals surface area contributed by atoms with Crippen molar-refractivity contribution in [2.45, 2.75) is 48.5 Å². The molecule has 0 rings (SSSR count). The lowest BCUT2D eigenvalue weighted by Crippen LogP contribution is -2.27. The highest BCUT2D eigenvalue weighted by Gasteiger charge is 2.06. The molecule has 366 valence electrons. The van der Waals surface area contributed by atoms with E-state index in [1.807, 2.05) is 104 Å². The van der Waals surface area contributed by atoms with Crippen LogP contribution in [0.15, 0.2) is 74.4 Å². The summed E-state index contributed by atoms with van der Waals surface area (Å²) in [5.74, 6) is -2.08. The first-order valence-electron chi connectivity index (χ1n) is 20.2. The van der Waals surface area contributed by atoms with Gasteiger partial charge >= 0.3 is 35.8 Å². The van der Waals surface area contributed by atoms with Gasteiger partial charge in [0.25, 0.3) is 0 Å². The van der Waals surface area contributed by atoms with Crippen LogP contribution in [0.4, 0.5) is 0 Å². The summed E-state index contributed by atoms with van der Waals surface area (Å²) in [6.07, 6.45) is 3.47. The largest absolute Gasteiger partial charge is 0.461 e. The summed E-state index contributed by atoms with van der Waals surface area (Å²) < 4.78 is 28.7. The fourth-order valence-electron chi connectivity index (χ4n) is 2.69. The van der Waals surface area contributed by atoms with E-state index in [0.717, 1.165) is 51.4 Å². The van der Waals surface area contributed by atoms with Crippen LogP contribution in [0.5, 0.6) is 0 Å². The number of hydrogen-bond acceptors (Lipinski definition) is 18. The lowest BCUT2D eigenvalue weighted by Gasteiger charge is -2.17. The quantitative estimate of drug-likeness (QED) is 0.0582. The molecule has 0 heterocycles. The van der Waals surface area contributed by atoms with Crippen LogP contribution < -0.4 is 0 Å². The second kappa shape index (κ2) is 48.1. The molecule has 0 aliphatic carbocycles. The van der Waals surface area contributed by atoms with Crippen molar-refractivity contribution in [2.75, 3.05) is 136 Å². The van der Waals surface area contributed by atoms with Crippen molar-refractivity contribution in [1.29, 1.82) is 0 Å². The molecule has 18 heteroatoms. The van der Waals surface area contributed by atoms with Crippen LogP contribution in [0.1, 0.15) is 48.5 Å². The molecule has 0 N–H and O–H groups in total. The highest BCUT2D eigenvalue weighted by atomic mass is 16.6. The van der Waals surface area contributed by atoms with E-state index in [0.29, 0.717) is 56.9 Å². The van der Waals surface area contributed by atoms with Gasteiger partial charge in [-0.05, 0) is 103 Å². The van der Waals surface area contributed by atoms with Gasteiger partial charge in [-0.2, -0.15) is 0 Å². The lowest BCUT2D eigenvalue weighted by atomic mass is 10.4. The van der Waals surface area contributed by atoms with Gasteiger partial charge < -0.3 is 38.2 Å². The maximum Gasteiger partial charge on any atom is 0.334 e. The first-order chi connectivity index (χ1) is 29.3. The van der Waals surface area contributed by atoms with E-state index >= 15 is 0 Å². The summed E-state index contributed by atoms with van der Waals surface area (Å²) in [4.78, 5) is 75.2. The summed E-state index contributed by atoms with van der Waals surface area (Å²) in [7, 11) is 15.0. The molecule has 0 aliphatic heterocycles. The predicted molar refractivity (Wildman–Crippen MR) is 251 cm³/mol. The molecule has 18 nitrogen and oxygen atoms in total. The van der Waals surface area contributed by atoms with Crippen molar-refractivity contribution in [3.8, 4) is 0 Å². The van der Waals surface area contributed by atoms with E-state index in [1.165, 1.54) is 6.08 Å². The van der Waals surface area contributed by atoms with Gasteiger partial charge in [0, 0.05) is 48.0 Å². The Balaban J connectivity index is -0.000000155. The van der Waals surface area contributed by atoms with Crippen LogP contribution in [0, 0.1) is 0 Å². The number of esters is 6. The number of carbonyl (C=O) groups excluding carboxylic acids is 6. The van der Waals surface area contributed by atoms with Crippen molar-refractivity contribution in [1.82, 2.24) is 29.4 Å². The molecule has 0 atom stereocenters. The summed E-state index contributed by atoms with van der Waals surface area (Å²) in [5, 5.41) is 0. The average molecular weight is 901 g/mol. The van der Waals surface area contributed by atoms with E-state index in [2.05, 4.69) is 44.2 Å². The van der Waals surface area contributed by atoms with Gasteiger partial charge in [0.05, 0.1) is 0 Å². The SMILES string of the molecule is C=C(C)C(=O)OCCN(C)C.C=C(C)C(=O)OCN(C)C.C=C(C)C(=O)OCN(CC)CC.C=CC(=O)OCCN(C)C.C=CC(=O)OCN(C)C.C=CC(=O)OCN(CC)CC. The molecule has 0 aromatic rings. The minimum Gasteiger partial charge on any atom is -0.461 e. The Hall–Kier alpha value is -4.98. The molecule has 0 unspecified atom stereocenters. The Kier molecular flexibility index (Phi) is 53.2. The Morgan fingerprint density at radius 3 is 0.937 bits per heavy atom. The maximum absolute atomic E-state index is 10.9. The number of ether oxygens (including phenoxy) is 6. The van der Waals surface area contributed by atoms with Gasteiger partial charge in [-0.15, -0.1) is 0 Å². The van der Waals surface area contributed by atoms with Gasteiger partial charge in [-0.25, -0.2) is 28.8 Å². The third kappa shape index (κ3) is 61.4. The Labute approximate surface area is 380 Å². The first-order valence-corrected chi connectivity index (χ1v) is 20.2. The fourth-order valence-corrected chi connectivity index (χ4v) is 2.69. The van der Waals surface area contributed by atoms with Crippen LogP contribution in [0.3, 0.4) is 0 Å². The van der Waals surface area contributed by atoms with Gasteiger partial charge in [0.15, 0.2) is 0 Å². The third-order valence-electron chi connectivity index (χ3n) is 6.58. The monoisotopic (exact) mass is 901 g/mol. The second-order valence-corrected chi connectivity index (χ2v) is 13.9. The standard InChI is InChI=1S/C9H17NO2.2C8H15NO2.2C7H13NO2.C6H11NO2/c1-5-10(6-2)7-12-9(11)8(3)4;1-7(2)8(10)11-6-5-9(3)4;1-4-8(10)11-7-9(5-2)6-3;1-6(2)7(9)10-5-8(3)4;1-4-7(9)10-6-5-8(2)3;1-4-6(8)9-5-7(2)3/h3,5-7H2,1-2,4H3;1,5-6H2,2-4H3;4H,1,5-7H2,2-3H3;1,5H2,2-4H3;4H,1,5-6H2,2-3H3;4H,1,5H2,2-3H3.